The van der Waals surface area contributed by atoms with Gasteiger partial charge in [0.25, 0.3) is 5.91 Å². The van der Waals surface area contributed by atoms with Crippen LogP contribution in [0.3, 0.4) is 0 Å². The van der Waals surface area contributed by atoms with Gasteiger partial charge in [-0.3, -0.25) is 4.79 Å². The van der Waals surface area contributed by atoms with E-state index in [4.69, 9.17) is 9.47 Å². The Kier molecular flexibility index (Phi) is 5.18. The molecule has 0 fully saturated rings. The number of rotatable bonds is 4. The molecular formula is C23H29NO3. The van der Waals surface area contributed by atoms with E-state index >= 15 is 0 Å². The van der Waals surface area contributed by atoms with Gasteiger partial charge in [0.15, 0.2) is 6.10 Å². The Hall–Kier alpha value is -2.49. The Morgan fingerprint density at radius 1 is 1.15 bits per heavy atom. The number of amides is 1. The zero-order chi connectivity index (χ0) is 19.8. The van der Waals surface area contributed by atoms with Crippen LogP contribution in [0.5, 0.6) is 11.5 Å². The van der Waals surface area contributed by atoms with Crippen molar-refractivity contribution >= 4 is 5.91 Å². The van der Waals surface area contributed by atoms with E-state index in [1.807, 2.05) is 58.9 Å². The molecule has 4 nitrogen and oxygen atoms in total. The predicted molar refractivity (Wildman–Crippen MR) is 107 cm³/mol. The highest BCUT2D eigenvalue weighted by molar-refractivity contribution is 5.81. The molecule has 0 bridgehead atoms. The van der Waals surface area contributed by atoms with Crippen LogP contribution in [0.15, 0.2) is 36.4 Å². The molecule has 1 aliphatic heterocycles. The van der Waals surface area contributed by atoms with Crippen molar-refractivity contribution in [1.82, 2.24) is 5.32 Å². The van der Waals surface area contributed by atoms with E-state index in [1.54, 1.807) is 6.92 Å². The van der Waals surface area contributed by atoms with Crippen LogP contribution in [0, 0.1) is 20.8 Å². The minimum atomic E-state index is -0.578. The molecule has 2 atom stereocenters. The second-order valence-corrected chi connectivity index (χ2v) is 8.20. The molecular weight excluding hydrogens is 338 g/mol. The van der Waals surface area contributed by atoms with Gasteiger partial charge >= 0.3 is 0 Å². The van der Waals surface area contributed by atoms with Gasteiger partial charge in [0.2, 0.25) is 0 Å². The van der Waals surface area contributed by atoms with E-state index in [0.717, 1.165) is 28.2 Å². The highest BCUT2D eigenvalue weighted by atomic mass is 16.5. The van der Waals surface area contributed by atoms with Crippen LogP contribution in [0.4, 0.5) is 0 Å². The van der Waals surface area contributed by atoms with Crippen molar-refractivity contribution in [1.29, 1.82) is 0 Å². The average molecular weight is 367 g/mol. The largest absolute Gasteiger partial charge is 0.487 e. The first-order valence-electron chi connectivity index (χ1n) is 9.48. The van der Waals surface area contributed by atoms with E-state index in [9.17, 15) is 4.79 Å². The number of aryl methyl sites for hydroxylation is 3. The first-order valence-corrected chi connectivity index (χ1v) is 9.48. The summed E-state index contributed by atoms with van der Waals surface area (Å²) in [5.41, 5.74) is 4.03. The first-order chi connectivity index (χ1) is 12.6. The molecule has 0 saturated carbocycles. The fraction of sp³-hybridized carbons (Fsp3) is 0.435. The van der Waals surface area contributed by atoms with Gasteiger partial charge in [0.1, 0.15) is 17.1 Å². The molecule has 0 radical (unpaired) electrons. The van der Waals surface area contributed by atoms with E-state index < -0.39 is 6.10 Å². The monoisotopic (exact) mass is 367 g/mol. The van der Waals surface area contributed by atoms with Crippen LogP contribution in [-0.4, -0.2) is 17.6 Å². The van der Waals surface area contributed by atoms with Gasteiger partial charge in [-0.05, 0) is 64.8 Å². The number of hydrogen-bond donors (Lipinski definition) is 1. The van der Waals surface area contributed by atoms with Crippen molar-refractivity contribution in [3.8, 4) is 11.5 Å². The third kappa shape index (κ3) is 4.44. The molecule has 0 saturated heterocycles. The maximum Gasteiger partial charge on any atom is 0.261 e. The van der Waals surface area contributed by atoms with Gasteiger partial charge in [-0.2, -0.15) is 0 Å². The summed E-state index contributed by atoms with van der Waals surface area (Å²) < 4.78 is 12.0. The smallest absolute Gasteiger partial charge is 0.261 e. The van der Waals surface area contributed by atoms with Crippen LogP contribution in [0.25, 0.3) is 0 Å². The summed E-state index contributed by atoms with van der Waals surface area (Å²) in [6.07, 6.45) is 0.136. The minimum absolute atomic E-state index is 0.0954. The molecule has 3 rings (SSSR count). The lowest BCUT2D eigenvalue weighted by atomic mass is 9.89. The van der Waals surface area contributed by atoms with Crippen molar-refractivity contribution in [3.05, 3.63) is 58.7 Å². The summed E-state index contributed by atoms with van der Waals surface area (Å²) in [4.78, 5) is 12.8. The predicted octanol–water partition coefficient (Wildman–Crippen LogP) is 4.80. The topological polar surface area (TPSA) is 47.6 Å². The summed E-state index contributed by atoms with van der Waals surface area (Å²) in [5, 5.41) is 3.16. The Labute approximate surface area is 161 Å². The van der Waals surface area contributed by atoms with Crippen molar-refractivity contribution in [2.24, 2.45) is 0 Å². The number of hydrogen-bond acceptors (Lipinski definition) is 3. The highest BCUT2D eigenvalue weighted by Crippen LogP contribution is 2.40. The van der Waals surface area contributed by atoms with Crippen LogP contribution < -0.4 is 14.8 Å². The molecule has 1 N–H and O–H groups in total. The summed E-state index contributed by atoms with van der Waals surface area (Å²) in [7, 11) is 0. The van der Waals surface area contributed by atoms with Crippen molar-refractivity contribution in [2.75, 3.05) is 0 Å². The Morgan fingerprint density at radius 3 is 2.52 bits per heavy atom. The third-order valence-electron chi connectivity index (χ3n) is 4.95. The van der Waals surface area contributed by atoms with Gasteiger partial charge < -0.3 is 14.8 Å². The number of nitrogens with one attached hydrogen (secondary N) is 1. The standard InChI is InChI=1S/C23H29NO3/c1-14-8-10-20(16(3)11-14)26-17(4)22(25)24-19-13-23(5,6)27-21-12-15(2)7-9-18(19)21/h7-12,17,19H,13H2,1-6H3,(H,24,25)/t17-,19-/m0/s1. The Bertz CT molecular complexity index is 857. The number of benzene rings is 2. The van der Waals surface area contributed by atoms with Gasteiger partial charge in [-0.15, -0.1) is 0 Å². The highest BCUT2D eigenvalue weighted by Gasteiger charge is 2.35. The van der Waals surface area contributed by atoms with E-state index in [0.29, 0.717) is 6.42 Å². The van der Waals surface area contributed by atoms with E-state index in [-0.39, 0.29) is 17.6 Å². The summed E-state index contributed by atoms with van der Waals surface area (Å²) in [6.45, 7) is 12.0. The lowest BCUT2D eigenvalue weighted by Crippen LogP contribution is -2.44. The van der Waals surface area contributed by atoms with Crippen LogP contribution >= 0.6 is 0 Å². The number of carbonyl (C=O) groups excluding carboxylic acids is 1. The molecule has 0 aromatic heterocycles. The number of fused-ring (bicyclic) bond motifs is 1. The average Bonchev–Trinajstić information content (AvgIpc) is 2.55. The quantitative estimate of drug-likeness (QED) is 0.844. The van der Waals surface area contributed by atoms with Crippen molar-refractivity contribution in [2.45, 2.75) is 65.7 Å². The number of ether oxygens (including phenoxy) is 2. The second-order valence-electron chi connectivity index (χ2n) is 8.20. The summed E-state index contributed by atoms with van der Waals surface area (Å²) >= 11 is 0. The van der Waals surface area contributed by atoms with Crippen LogP contribution in [-0.2, 0) is 4.79 Å². The lowest BCUT2D eigenvalue weighted by Gasteiger charge is -2.38. The molecule has 0 unspecified atom stereocenters. The number of carbonyl (C=O) groups is 1. The SMILES string of the molecule is Cc1ccc(O[C@@H](C)C(=O)N[C@H]2CC(C)(C)Oc3cc(C)ccc32)c(C)c1. The Balaban J connectivity index is 1.75. The van der Waals surface area contributed by atoms with E-state index in [2.05, 4.69) is 17.4 Å². The molecule has 144 valence electrons. The second kappa shape index (κ2) is 7.26. The zero-order valence-corrected chi connectivity index (χ0v) is 17.1. The molecule has 2 aromatic carbocycles. The molecule has 4 heteroatoms. The van der Waals surface area contributed by atoms with Gasteiger partial charge in [-0.25, -0.2) is 0 Å². The molecule has 0 spiro atoms. The van der Waals surface area contributed by atoms with Crippen molar-refractivity contribution in [3.63, 3.8) is 0 Å². The molecule has 2 aromatic rings. The summed E-state index contributed by atoms with van der Waals surface area (Å²) in [5.74, 6) is 1.47. The normalized spacial score (nSPS) is 18.8. The fourth-order valence-electron chi connectivity index (χ4n) is 3.55. The van der Waals surface area contributed by atoms with Crippen molar-refractivity contribution < 1.29 is 14.3 Å². The lowest BCUT2D eigenvalue weighted by molar-refractivity contribution is -0.128. The molecule has 27 heavy (non-hydrogen) atoms. The van der Waals surface area contributed by atoms with Gasteiger partial charge in [-0.1, -0.05) is 29.8 Å². The minimum Gasteiger partial charge on any atom is -0.487 e. The van der Waals surface area contributed by atoms with Crippen LogP contribution in [0.2, 0.25) is 0 Å². The first kappa shape index (κ1) is 19.3. The maximum atomic E-state index is 12.8. The van der Waals surface area contributed by atoms with Gasteiger partial charge in [0.05, 0.1) is 6.04 Å². The zero-order valence-electron chi connectivity index (χ0n) is 17.1. The van der Waals surface area contributed by atoms with E-state index in [1.165, 1.54) is 5.56 Å². The van der Waals surface area contributed by atoms with Gasteiger partial charge in [0, 0.05) is 12.0 Å². The molecule has 1 aliphatic rings. The fourth-order valence-corrected chi connectivity index (χ4v) is 3.55. The molecule has 1 amide bonds. The Morgan fingerprint density at radius 2 is 1.81 bits per heavy atom. The maximum absolute atomic E-state index is 12.8. The molecule has 1 heterocycles. The summed E-state index contributed by atoms with van der Waals surface area (Å²) in [6, 6.07) is 12.0. The van der Waals surface area contributed by atoms with Crippen LogP contribution in [0.1, 0.15) is 55.5 Å². The molecule has 0 aliphatic carbocycles. The third-order valence-corrected chi connectivity index (χ3v) is 4.95.